The molecular formula is C20H26N2O2. The van der Waals surface area contributed by atoms with Gasteiger partial charge in [-0.05, 0) is 81.2 Å². The van der Waals surface area contributed by atoms with E-state index in [1.165, 1.54) is 36.9 Å². The van der Waals surface area contributed by atoms with Crippen LogP contribution in [0, 0.1) is 0 Å². The number of benzene rings is 2. The molecule has 4 heteroatoms. The van der Waals surface area contributed by atoms with Gasteiger partial charge in [0.25, 0.3) is 0 Å². The van der Waals surface area contributed by atoms with E-state index in [0.717, 1.165) is 17.6 Å². The second-order valence-corrected chi connectivity index (χ2v) is 7.51. The Labute approximate surface area is 143 Å². The van der Waals surface area contributed by atoms with Crippen LogP contribution in [0.1, 0.15) is 39.2 Å². The highest BCUT2D eigenvalue weighted by Gasteiger charge is 2.16. The summed E-state index contributed by atoms with van der Waals surface area (Å²) in [5, 5.41) is 5.11. The fraction of sp³-hybridized carbons (Fsp3) is 0.450. The van der Waals surface area contributed by atoms with Gasteiger partial charge in [-0.1, -0.05) is 18.2 Å². The summed E-state index contributed by atoms with van der Waals surface area (Å²) in [4.78, 5) is 14.4. The first-order chi connectivity index (χ1) is 11.4. The zero-order chi connectivity index (χ0) is 17.2. The largest absolute Gasteiger partial charge is 0.444 e. The molecule has 2 aromatic carbocycles. The molecule has 0 aliphatic carbocycles. The van der Waals surface area contributed by atoms with Crippen molar-refractivity contribution in [2.24, 2.45) is 0 Å². The summed E-state index contributed by atoms with van der Waals surface area (Å²) in [6.07, 6.45) is 2.20. The number of amides is 1. The lowest BCUT2D eigenvalue weighted by Crippen LogP contribution is -2.27. The number of fused-ring (bicyclic) bond motifs is 1. The first kappa shape index (κ1) is 16.8. The lowest BCUT2D eigenvalue weighted by atomic mass is 10.1. The Bertz CT molecular complexity index is 728. The molecule has 1 saturated heterocycles. The Morgan fingerprint density at radius 3 is 2.46 bits per heavy atom. The highest BCUT2D eigenvalue weighted by Crippen LogP contribution is 2.23. The highest BCUT2D eigenvalue weighted by molar-refractivity contribution is 5.91. The van der Waals surface area contributed by atoms with Crippen LogP contribution < -0.4 is 5.32 Å². The van der Waals surface area contributed by atoms with Crippen LogP contribution in [0.3, 0.4) is 0 Å². The SMILES string of the molecule is CC(C)(C)OC(=O)Nc1ccc2cc(CN3CCCC3)ccc2c1. The van der Waals surface area contributed by atoms with Gasteiger partial charge in [0.2, 0.25) is 0 Å². The van der Waals surface area contributed by atoms with E-state index in [1.807, 2.05) is 32.9 Å². The molecule has 0 radical (unpaired) electrons. The lowest BCUT2D eigenvalue weighted by molar-refractivity contribution is 0.0636. The molecule has 2 aromatic rings. The van der Waals surface area contributed by atoms with Crippen molar-refractivity contribution in [1.82, 2.24) is 4.90 Å². The molecular weight excluding hydrogens is 300 g/mol. The topological polar surface area (TPSA) is 41.6 Å². The van der Waals surface area contributed by atoms with E-state index in [9.17, 15) is 4.79 Å². The van der Waals surface area contributed by atoms with Gasteiger partial charge in [0.05, 0.1) is 0 Å². The smallest absolute Gasteiger partial charge is 0.412 e. The van der Waals surface area contributed by atoms with Gasteiger partial charge in [-0.2, -0.15) is 0 Å². The molecule has 1 N–H and O–H groups in total. The number of carbonyl (C=O) groups excluding carboxylic acids is 1. The van der Waals surface area contributed by atoms with Crippen molar-refractivity contribution in [3.63, 3.8) is 0 Å². The minimum Gasteiger partial charge on any atom is -0.444 e. The minimum atomic E-state index is -0.495. The molecule has 24 heavy (non-hydrogen) atoms. The second kappa shape index (κ2) is 6.81. The molecule has 1 aliphatic rings. The normalized spacial score (nSPS) is 15.6. The quantitative estimate of drug-likeness (QED) is 0.882. The third-order valence-corrected chi connectivity index (χ3v) is 4.15. The molecule has 1 amide bonds. The first-order valence-electron chi connectivity index (χ1n) is 8.64. The molecule has 3 rings (SSSR count). The van der Waals surface area contributed by atoms with Gasteiger partial charge in [-0.15, -0.1) is 0 Å². The van der Waals surface area contributed by atoms with E-state index < -0.39 is 11.7 Å². The minimum absolute atomic E-state index is 0.424. The Morgan fingerprint density at radius 1 is 1.08 bits per heavy atom. The van der Waals surface area contributed by atoms with Gasteiger partial charge >= 0.3 is 6.09 Å². The fourth-order valence-electron chi connectivity index (χ4n) is 3.09. The lowest BCUT2D eigenvalue weighted by Gasteiger charge is -2.19. The molecule has 0 bridgehead atoms. The van der Waals surface area contributed by atoms with Crippen LogP contribution in [0.25, 0.3) is 10.8 Å². The number of anilines is 1. The molecule has 1 aliphatic heterocycles. The molecule has 1 heterocycles. The molecule has 0 saturated carbocycles. The van der Waals surface area contributed by atoms with Crippen molar-refractivity contribution in [2.75, 3.05) is 18.4 Å². The van der Waals surface area contributed by atoms with Crippen molar-refractivity contribution in [1.29, 1.82) is 0 Å². The number of hydrogen-bond donors (Lipinski definition) is 1. The van der Waals surface area contributed by atoms with Crippen molar-refractivity contribution in [3.8, 4) is 0 Å². The number of rotatable bonds is 3. The van der Waals surface area contributed by atoms with Crippen LogP contribution in [-0.4, -0.2) is 29.7 Å². The van der Waals surface area contributed by atoms with E-state index in [1.54, 1.807) is 0 Å². The maximum atomic E-state index is 11.9. The Kier molecular flexibility index (Phi) is 4.76. The predicted octanol–water partition coefficient (Wildman–Crippen LogP) is 4.78. The second-order valence-electron chi connectivity index (χ2n) is 7.51. The number of carbonyl (C=O) groups is 1. The van der Waals surface area contributed by atoms with Crippen LogP contribution >= 0.6 is 0 Å². The van der Waals surface area contributed by atoms with Crippen LogP contribution in [0.4, 0.5) is 10.5 Å². The van der Waals surface area contributed by atoms with E-state index in [2.05, 4.69) is 34.5 Å². The van der Waals surface area contributed by atoms with Crippen molar-refractivity contribution < 1.29 is 9.53 Å². The molecule has 0 atom stereocenters. The van der Waals surface area contributed by atoms with Gasteiger partial charge in [0.15, 0.2) is 0 Å². The molecule has 1 fully saturated rings. The third-order valence-electron chi connectivity index (χ3n) is 4.15. The predicted molar refractivity (Wildman–Crippen MR) is 98.3 cm³/mol. The summed E-state index contributed by atoms with van der Waals surface area (Å²) >= 11 is 0. The van der Waals surface area contributed by atoms with E-state index in [-0.39, 0.29) is 0 Å². The van der Waals surface area contributed by atoms with Crippen LogP contribution in [-0.2, 0) is 11.3 Å². The number of likely N-dealkylation sites (tertiary alicyclic amines) is 1. The van der Waals surface area contributed by atoms with Gasteiger partial charge in [0, 0.05) is 12.2 Å². The summed E-state index contributed by atoms with van der Waals surface area (Å²) in [7, 11) is 0. The van der Waals surface area contributed by atoms with E-state index in [4.69, 9.17) is 4.74 Å². The molecule has 0 unspecified atom stereocenters. The first-order valence-corrected chi connectivity index (χ1v) is 8.64. The van der Waals surface area contributed by atoms with Gasteiger partial charge < -0.3 is 4.74 Å². The van der Waals surface area contributed by atoms with Gasteiger partial charge in [-0.25, -0.2) is 4.79 Å². The summed E-state index contributed by atoms with van der Waals surface area (Å²) in [5.41, 5.74) is 1.60. The molecule has 0 spiro atoms. The van der Waals surface area contributed by atoms with Gasteiger partial charge in [-0.3, -0.25) is 10.2 Å². The van der Waals surface area contributed by atoms with E-state index in [0.29, 0.717) is 0 Å². The van der Waals surface area contributed by atoms with Crippen molar-refractivity contribution in [2.45, 2.75) is 45.8 Å². The number of hydrogen-bond acceptors (Lipinski definition) is 3. The highest BCUT2D eigenvalue weighted by atomic mass is 16.6. The van der Waals surface area contributed by atoms with Crippen LogP contribution in [0.2, 0.25) is 0 Å². The van der Waals surface area contributed by atoms with Crippen molar-refractivity contribution in [3.05, 3.63) is 42.0 Å². The monoisotopic (exact) mass is 326 g/mol. The Balaban J connectivity index is 1.70. The summed E-state index contributed by atoms with van der Waals surface area (Å²) < 4.78 is 5.29. The van der Waals surface area contributed by atoms with Crippen molar-refractivity contribution >= 4 is 22.6 Å². The standard InChI is InChI=1S/C20H26N2O2/c1-20(2,3)24-19(23)21-18-9-8-16-12-15(6-7-17(16)13-18)14-22-10-4-5-11-22/h6-9,12-13H,4-5,10-11,14H2,1-3H3,(H,21,23). The Morgan fingerprint density at radius 2 is 1.75 bits per heavy atom. The maximum Gasteiger partial charge on any atom is 0.412 e. The van der Waals surface area contributed by atoms with Crippen LogP contribution in [0.15, 0.2) is 36.4 Å². The summed E-state index contributed by atoms with van der Waals surface area (Å²) in [6, 6.07) is 12.5. The summed E-state index contributed by atoms with van der Waals surface area (Å²) in [6.45, 7) is 9.00. The third kappa shape index (κ3) is 4.48. The molecule has 4 nitrogen and oxygen atoms in total. The zero-order valence-electron chi connectivity index (χ0n) is 14.8. The molecule has 0 aromatic heterocycles. The number of nitrogens with zero attached hydrogens (tertiary/aromatic N) is 1. The zero-order valence-corrected chi connectivity index (χ0v) is 14.8. The Hall–Kier alpha value is -2.07. The fourth-order valence-corrected chi connectivity index (χ4v) is 3.09. The average Bonchev–Trinajstić information content (AvgIpc) is 2.98. The number of ether oxygens (including phenoxy) is 1. The molecule has 128 valence electrons. The van der Waals surface area contributed by atoms with Gasteiger partial charge in [0.1, 0.15) is 5.60 Å². The number of nitrogens with one attached hydrogen (secondary N) is 1. The maximum absolute atomic E-state index is 11.9. The van der Waals surface area contributed by atoms with E-state index >= 15 is 0 Å². The van der Waals surface area contributed by atoms with Crippen LogP contribution in [0.5, 0.6) is 0 Å². The summed E-state index contributed by atoms with van der Waals surface area (Å²) in [5.74, 6) is 0. The average molecular weight is 326 g/mol.